The first-order chi connectivity index (χ1) is 9.34. The number of nitrogens with one attached hydrogen (secondary N) is 1. The molecule has 1 aromatic rings. The van der Waals surface area contributed by atoms with Gasteiger partial charge in [-0.15, -0.1) is 0 Å². The topological polar surface area (TPSA) is 151 Å². The van der Waals surface area contributed by atoms with Crippen molar-refractivity contribution in [2.75, 3.05) is 25.6 Å². The molecule has 0 unspecified atom stereocenters. The van der Waals surface area contributed by atoms with Gasteiger partial charge in [0, 0.05) is 12.7 Å². The molecule has 0 saturated carbocycles. The number of aryl methyl sites for hydroxylation is 1. The quantitative estimate of drug-likeness (QED) is 0.368. The van der Waals surface area contributed by atoms with Crippen molar-refractivity contribution < 1.29 is 23.7 Å². The predicted octanol–water partition coefficient (Wildman–Crippen LogP) is -2.13. The first kappa shape index (κ1) is 16.9. The molecule has 0 aliphatic carbocycles. The molecule has 0 aliphatic rings. The summed E-state index contributed by atoms with van der Waals surface area (Å²) in [5, 5.41) is 31.3. The summed E-state index contributed by atoms with van der Waals surface area (Å²) in [6, 6.07) is 0. The Morgan fingerprint density at radius 3 is 2.35 bits per heavy atom. The summed E-state index contributed by atoms with van der Waals surface area (Å²) < 4.78 is 27.8. The lowest BCUT2D eigenvalue weighted by Gasteiger charge is -2.27. The van der Waals surface area contributed by atoms with E-state index < -0.39 is 35.4 Å². The zero-order valence-corrected chi connectivity index (χ0v) is 12.0. The van der Waals surface area contributed by atoms with Crippen LogP contribution >= 0.6 is 0 Å². The first-order valence-corrected chi connectivity index (χ1v) is 7.52. The Bertz CT molecular complexity index is 530. The summed E-state index contributed by atoms with van der Waals surface area (Å²) in [6.45, 7) is 0.121. The standard InChI is InChI=1S/C10H20N4O5S/c1-2-3-14-4-8(9(11)12-14)20(18,19)13-10(5-15,6-16)7-17/h4,13,15-17H,2-3,5-7H2,1H3,(H2,11,12). The van der Waals surface area contributed by atoms with Gasteiger partial charge in [0.25, 0.3) is 0 Å². The van der Waals surface area contributed by atoms with Crippen molar-refractivity contribution in [2.45, 2.75) is 30.3 Å². The van der Waals surface area contributed by atoms with Gasteiger partial charge < -0.3 is 21.1 Å². The normalized spacial score (nSPS) is 12.8. The maximum Gasteiger partial charge on any atom is 0.246 e. The van der Waals surface area contributed by atoms with E-state index in [1.165, 1.54) is 10.9 Å². The Labute approximate surface area is 117 Å². The van der Waals surface area contributed by atoms with Crippen LogP contribution in [-0.4, -0.2) is 58.9 Å². The minimum Gasteiger partial charge on any atom is -0.394 e. The van der Waals surface area contributed by atoms with Crippen LogP contribution in [0.5, 0.6) is 0 Å². The van der Waals surface area contributed by atoms with Crippen molar-refractivity contribution in [3.63, 3.8) is 0 Å². The molecule has 0 spiro atoms. The molecule has 6 N–H and O–H groups in total. The van der Waals surface area contributed by atoms with Gasteiger partial charge in [-0.1, -0.05) is 6.92 Å². The highest BCUT2D eigenvalue weighted by atomic mass is 32.2. The maximum atomic E-state index is 12.2. The summed E-state index contributed by atoms with van der Waals surface area (Å²) in [7, 11) is -4.12. The second-order valence-corrected chi connectivity index (χ2v) is 6.15. The van der Waals surface area contributed by atoms with Crippen molar-refractivity contribution in [1.82, 2.24) is 14.5 Å². The van der Waals surface area contributed by atoms with Crippen LogP contribution in [0.25, 0.3) is 0 Å². The lowest BCUT2D eigenvalue weighted by atomic mass is 10.1. The molecule has 9 nitrogen and oxygen atoms in total. The average molecular weight is 308 g/mol. The third-order valence-electron chi connectivity index (χ3n) is 2.76. The largest absolute Gasteiger partial charge is 0.394 e. The Hall–Kier alpha value is -1.20. The number of nitrogens with two attached hydrogens (primary N) is 1. The van der Waals surface area contributed by atoms with Gasteiger partial charge >= 0.3 is 0 Å². The summed E-state index contributed by atoms with van der Waals surface area (Å²) in [4.78, 5) is -0.259. The van der Waals surface area contributed by atoms with Crippen LogP contribution in [0.2, 0.25) is 0 Å². The van der Waals surface area contributed by atoms with Gasteiger partial charge in [0.05, 0.1) is 19.8 Å². The van der Waals surface area contributed by atoms with E-state index in [9.17, 15) is 8.42 Å². The maximum absolute atomic E-state index is 12.2. The fourth-order valence-electron chi connectivity index (χ4n) is 1.56. The summed E-state index contributed by atoms with van der Waals surface area (Å²) >= 11 is 0. The number of nitrogen functional groups attached to an aromatic ring is 1. The summed E-state index contributed by atoms with van der Waals surface area (Å²) in [5.41, 5.74) is 3.81. The number of rotatable bonds is 8. The summed E-state index contributed by atoms with van der Waals surface area (Å²) in [6.07, 6.45) is 2.01. The van der Waals surface area contributed by atoms with Crippen molar-refractivity contribution in [3.8, 4) is 0 Å². The molecule has 0 fully saturated rings. The molecule has 0 aromatic carbocycles. The van der Waals surface area contributed by atoms with Gasteiger partial charge in [0.15, 0.2) is 5.82 Å². The van der Waals surface area contributed by atoms with E-state index in [4.69, 9.17) is 21.1 Å². The van der Waals surface area contributed by atoms with Crippen molar-refractivity contribution >= 4 is 15.8 Å². The van der Waals surface area contributed by atoms with Crippen LogP contribution in [0, 0.1) is 0 Å². The fraction of sp³-hybridized carbons (Fsp3) is 0.700. The van der Waals surface area contributed by atoms with Crippen molar-refractivity contribution in [1.29, 1.82) is 0 Å². The number of hydrogen-bond donors (Lipinski definition) is 5. The Kier molecular flexibility index (Phi) is 5.48. The van der Waals surface area contributed by atoms with Crippen molar-refractivity contribution in [3.05, 3.63) is 6.20 Å². The Morgan fingerprint density at radius 2 is 1.90 bits per heavy atom. The molecule has 20 heavy (non-hydrogen) atoms. The fourth-order valence-corrected chi connectivity index (χ4v) is 3.01. The number of hydrogen-bond acceptors (Lipinski definition) is 7. The molecule has 0 bridgehead atoms. The van der Waals surface area contributed by atoms with E-state index in [-0.39, 0.29) is 10.7 Å². The van der Waals surface area contributed by atoms with Gasteiger partial charge in [0.2, 0.25) is 10.0 Å². The van der Waals surface area contributed by atoms with E-state index >= 15 is 0 Å². The number of nitrogens with zero attached hydrogens (tertiary/aromatic N) is 2. The smallest absolute Gasteiger partial charge is 0.246 e. The van der Waals surface area contributed by atoms with E-state index in [0.29, 0.717) is 6.54 Å². The van der Waals surface area contributed by atoms with Crippen LogP contribution in [0.3, 0.4) is 0 Å². The Balaban J connectivity index is 3.10. The molecule has 116 valence electrons. The highest BCUT2D eigenvalue weighted by Crippen LogP contribution is 2.18. The number of aromatic nitrogens is 2. The average Bonchev–Trinajstić information content (AvgIpc) is 2.78. The number of aliphatic hydroxyl groups is 3. The minimum absolute atomic E-state index is 0.186. The minimum atomic E-state index is -4.12. The van der Waals surface area contributed by atoms with Gasteiger partial charge in [0.1, 0.15) is 10.4 Å². The first-order valence-electron chi connectivity index (χ1n) is 6.03. The monoisotopic (exact) mass is 308 g/mol. The molecule has 0 aliphatic heterocycles. The van der Waals surface area contributed by atoms with E-state index in [1.54, 1.807) is 0 Å². The number of aliphatic hydroxyl groups excluding tert-OH is 3. The van der Waals surface area contributed by atoms with Gasteiger partial charge in [-0.2, -0.15) is 9.82 Å². The van der Waals surface area contributed by atoms with E-state index in [2.05, 4.69) is 9.82 Å². The molecule has 1 aromatic heterocycles. The summed E-state index contributed by atoms with van der Waals surface area (Å²) in [5.74, 6) is -0.186. The molecular weight excluding hydrogens is 288 g/mol. The predicted molar refractivity (Wildman–Crippen MR) is 71.2 cm³/mol. The molecule has 1 rings (SSSR count). The lowest BCUT2D eigenvalue weighted by molar-refractivity contribution is 0.0582. The van der Waals surface area contributed by atoms with Gasteiger partial charge in [-0.3, -0.25) is 4.68 Å². The molecule has 0 radical (unpaired) electrons. The number of sulfonamides is 1. The molecule has 10 heteroatoms. The molecule has 0 saturated heterocycles. The molecular formula is C10H20N4O5S. The third kappa shape index (κ3) is 3.46. The highest BCUT2D eigenvalue weighted by molar-refractivity contribution is 7.89. The van der Waals surface area contributed by atoms with E-state index in [1.807, 2.05) is 6.92 Å². The zero-order valence-electron chi connectivity index (χ0n) is 11.2. The third-order valence-corrected chi connectivity index (χ3v) is 4.35. The second-order valence-electron chi connectivity index (χ2n) is 4.50. The molecule has 0 atom stereocenters. The Morgan fingerprint density at radius 1 is 1.35 bits per heavy atom. The van der Waals surface area contributed by atoms with Gasteiger partial charge in [-0.05, 0) is 6.42 Å². The lowest BCUT2D eigenvalue weighted by Crippen LogP contribution is -2.56. The van der Waals surface area contributed by atoms with Crippen LogP contribution in [0.15, 0.2) is 11.1 Å². The molecule has 0 amide bonds. The van der Waals surface area contributed by atoms with Crippen molar-refractivity contribution in [2.24, 2.45) is 0 Å². The van der Waals surface area contributed by atoms with Crippen LogP contribution in [0.4, 0.5) is 5.82 Å². The zero-order chi connectivity index (χ0) is 15.4. The van der Waals surface area contributed by atoms with E-state index in [0.717, 1.165) is 6.42 Å². The van der Waals surface area contributed by atoms with Crippen LogP contribution in [0.1, 0.15) is 13.3 Å². The molecule has 1 heterocycles. The van der Waals surface area contributed by atoms with Crippen LogP contribution in [-0.2, 0) is 16.6 Å². The van der Waals surface area contributed by atoms with Crippen LogP contribution < -0.4 is 10.5 Å². The second kappa shape index (κ2) is 6.50. The SMILES string of the molecule is CCCn1cc(S(=O)(=O)NC(CO)(CO)CO)c(N)n1. The highest BCUT2D eigenvalue weighted by Gasteiger charge is 2.35. The number of anilines is 1. The van der Waals surface area contributed by atoms with Gasteiger partial charge in [-0.25, -0.2) is 8.42 Å².